The Morgan fingerprint density at radius 1 is 1.25 bits per heavy atom. The predicted octanol–water partition coefficient (Wildman–Crippen LogP) is 1.59. The first kappa shape index (κ1) is 10.3. The van der Waals surface area contributed by atoms with Crippen molar-refractivity contribution in [3.05, 3.63) is 35.4 Å². The number of ether oxygens (including phenoxy) is 2. The van der Waals surface area contributed by atoms with Gasteiger partial charge in [-0.1, -0.05) is 24.3 Å². The number of rotatable bonds is 1. The topological polar surface area (TPSA) is 21.7 Å². The van der Waals surface area contributed by atoms with Gasteiger partial charge in [0.2, 0.25) is 0 Å². The van der Waals surface area contributed by atoms with Gasteiger partial charge in [0.1, 0.15) is 6.10 Å². The SMILES string of the molecule is CN(C)[C@H]1CO[C@H]2Cc3ccccc3[C@@H]1O2. The molecule has 0 spiro atoms. The number of fused-ring (bicyclic) bond motifs is 4. The van der Waals surface area contributed by atoms with Gasteiger partial charge >= 0.3 is 0 Å². The van der Waals surface area contributed by atoms with Crippen LogP contribution in [0.15, 0.2) is 24.3 Å². The molecule has 0 unspecified atom stereocenters. The number of benzene rings is 1. The van der Waals surface area contributed by atoms with Gasteiger partial charge in [-0.15, -0.1) is 0 Å². The lowest BCUT2D eigenvalue weighted by atomic mass is 9.91. The molecule has 3 rings (SSSR count). The first-order chi connectivity index (χ1) is 7.75. The second-order valence-electron chi connectivity index (χ2n) is 4.75. The van der Waals surface area contributed by atoms with Crippen LogP contribution in [-0.2, 0) is 15.9 Å². The minimum Gasteiger partial charge on any atom is -0.351 e. The van der Waals surface area contributed by atoms with Crippen molar-refractivity contribution in [3.63, 3.8) is 0 Å². The molecule has 0 radical (unpaired) electrons. The maximum Gasteiger partial charge on any atom is 0.162 e. The lowest BCUT2D eigenvalue weighted by Gasteiger charge is -2.43. The van der Waals surface area contributed by atoms with Crippen LogP contribution in [-0.4, -0.2) is 37.9 Å². The molecule has 0 amide bonds. The van der Waals surface area contributed by atoms with Crippen molar-refractivity contribution in [2.24, 2.45) is 0 Å². The zero-order valence-corrected chi connectivity index (χ0v) is 9.72. The first-order valence-corrected chi connectivity index (χ1v) is 5.77. The summed E-state index contributed by atoms with van der Waals surface area (Å²) in [7, 11) is 4.16. The summed E-state index contributed by atoms with van der Waals surface area (Å²) in [5.41, 5.74) is 2.70. The predicted molar refractivity (Wildman–Crippen MR) is 61.2 cm³/mol. The molecule has 3 atom stereocenters. The lowest BCUT2D eigenvalue weighted by Crippen LogP contribution is -2.49. The van der Waals surface area contributed by atoms with Crippen molar-refractivity contribution >= 4 is 0 Å². The summed E-state index contributed by atoms with van der Waals surface area (Å²) < 4.78 is 11.7. The van der Waals surface area contributed by atoms with E-state index in [0.717, 1.165) is 13.0 Å². The van der Waals surface area contributed by atoms with E-state index >= 15 is 0 Å². The van der Waals surface area contributed by atoms with E-state index in [4.69, 9.17) is 9.47 Å². The molecule has 0 aromatic heterocycles. The zero-order chi connectivity index (χ0) is 11.1. The van der Waals surface area contributed by atoms with Crippen molar-refractivity contribution in [3.8, 4) is 0 Å². The third-order valence-corrected chi connectivity index (χ3v) is 3.51. The Morgan fingerprint density at radius 2 is 2.06 bits per heavy atom. The Morgan fingerprint density at radius 3 is 2.88 bits per heavy atom. The molecule has 1 saturated heterocycles. The van der Waals surface area contributed by atoms with E-state index in [0.29, 0.717) is 6.04 Å². The minimum atomic E-state index is -0.0453. The van der Waals surface area contributed by atoms with Gasteiger partial charge < -0.3 is 14.4 Å². The Kier molecular flexibility index (Phi) is 2.46. The molecule has 1 aromatic carbocycles. The van der Waals surface area contributed by atoms with Crippen molar-refractivity contribution in [2.75, 3.05) is 20.7 Å². The fourth-order valence-electron chi connectivity index (χ4n) is 2.57. The number of hydrogen-bond donors (Lipinski definition) is 0. The quantitative estimate of drug-likeness (QED) is 0.716. The highest BCUT2D eigenvalue weighted by Gasteiger charge is 2.39. The molecule has 3 nitrogen and oxygen atoms in total. The third kappa shape index (κ3) is 1.56. The number of hydrogen-bond acceptors (Lipinski definition) is 3. The second kappa shape index (κ2) is 3.84. The van der Waals surface area contributed by atoms with E-state index in [-0.39, 0.29) is 12.4 Å². The van der Waals surface area contributed by atoms with Gasteiger partial charge in [-0.2, -0.15) is 0 Å². The van der Waals surface area contributed by atoms with Gasteiger partial charge in [-0.05, 0) is 25.2 Å². The molecule has 2 bridgehead atoms. The van der Waals surface area contributed by atoms with E-state index in [9.17, 15) is 0 Å². The summed E-state index contributed by atoms with van der Waals surface area (Å²) in [5.74, 6) is 0. The molecule has 0 N–H and O–H groups in total. The molecule has 2 aliphatic heterocycles. The Balaban J connectivity index is 2.00. The smallest absolute Gasteiger partial charge is 0.162 e. The fourth-order valence-corrected chi connectivity index (χ4v) is 2.57. The maximum atomic E-state index is 5.96. The van der Waals surface area contributed by atoms with Gasteiger partial charge in [0.05, 0.1) is 12.6 Å². The van der Waals surface area contributed by atoms with E-state index in [1.807, 2.05) is 0 Å². The Labute approximate surface area is 96.0 Å². The third-order valence-electron chi connectivity index (χ3n) is 3.51. The molecular formula is C13H17NO2. The van der Waals surface area contributed by atoms with Crippen molar-refractivity contribution in [1.29, 1.82) is 0 Å². The van der Waals surface area contributed by atoms with Crippen molar-refractivity contribution in [1.82, 2.24) is 4.90 Å². The minimum absolute atomic E-state index is 0.0453. The molecule has 3 heteroatoms. The average molecular weight is 219 g/mol. The van der Waals surface area contributed by atoms with Gasteiger partial charge in [0.25, 0.3) is 0 Å². The van der Waals surface area contributed by atoms with Gasteiger partial charge in [0, 0.05) is 6.42 Å². The standard InChI is InChI=1S/C13H17NO2/c1-14(2)11-8-15-12-7-9-5-3-4-6-10(9)13(11)16-12/h3-6,11-13H,7-8H2,1-2H3/t11-,12+,13-/m0/s1. The average Bonchev–Trinajstić information content (AvgIpc) is 2.29. The van der Waals surface area contributed by atoms with Crippen LogP contribution >= 0.6 is 0 Å². The summed E-state index contributed by atoms with van der Waals surface area (Å²) in [6.07, 6.45) is 1.00. The monoisotopic (exact) mass is 219 g/mol. The van der Waals surface area contributed by atoms with Crippen LogP contribution in [0, 0.1) is 0 Å². The van der Waals surface area contributed by atoms with Crippen LogP contribution in [0.25, 0.3) is 0 Å². The molecule has 0 aliphatic carbocycles. The van der Waals surface area contributed by atoms with Crippen LogP contribution in [0.2, 0.25) is 0 Å². The molecule has 2 aliphatic rings. The summed E-state index contributed by atoms with van der Waals surface area (Å²) in [5, 5.41) is 0. The number of likely N-dealkylation sites (N-methyl/N-ethyl adjacent to an activating group) is 1. The molecule has 0 saturated carbocycles. The second-order valence-corrected chi connectivity index (χ2v) is 4.75. The molecule has 16 heavy (non-hydrogen) atoms. The highest BCUT2D eigenvalue weighted by Crippen LogP contribution is 2.37. The molecule has 2 heterocycles. The van der Waals surface area contributed by atoms with E-state index < -0.39 is 0 Å². The summed E-state index contributed by atoms with van der Waals surface area (Å²) in [4.78, 5) is 2.18. The van der Waals surface area contributed by atoms with Gasteiger partial charge in [-0.25, -0.2) is 0 Å². The van der Waals surface area contributed by atoms with Crippen LogP contribution < -0.4 is 0 Å². The highest BCUT2D eigenvalue weighted by molar-refractivity contribution is 5.32. The number of nitrogens with zero attached hydrogens (tertiary/aromatic N) is 1. The Hall–Kier alpha value is -0.900. The van der Waals surface area contributed by atoms with Gasteiger partial charge in [-0.3, -0.25) is 0 Å². The normalized spacial score (nSPS) is 32.6. The van der Waals surface area contributed by atoms with Crippen LogP contribution in [0.3, 0.4) is 0 Å². The van der Waals surface area contributed by atoms with E-state index in [1.165, 1.54) is 11.1 Å². The fraction of sp³-hybridized carbons (Fsp3) is 0.538. The lowest BCUT2D eigenvalue weighted by molar-refractivity contribution is -0.245. The molecule has 1 aromatic rings. The van der Waals surface area contributed by atoms with E-state index in [2.05, 4.69) is 43.3 Å². The Bertz CT molecular complexity index is 391. The first-order valence-electron chi connectivity index (χ1n) is 5.77. The molecular weight excluding hydrogens is 202 g/mol. The molecule has 86 valence electrons. The maximum absolute atomic E-state index is 5.96. The van der Waals surface area contributed by atoms with E-state index in [1.54, 1.807) is 0 Å². The summed E-state index contributed by atoms with van der Waals surface area (Å²) >= 11 is 0. The van der Waals surface area contributed by atoms with Crippen LogP contribution in [0.5, 0.6) is 0 Å². The largest absolute Gasteiger partial charge is 0.351 e. The van der Waals surface area contributed by atoms with Crippen molar-refractivity contribution in [2.45, 2.75) is 24.9 Å². The molecule has 1 fully saturated rings. The highest BCUT2D eigenvalue weighted by atomic mass is 16.7. The van der Waals surface area contributed by atoms with Crippen LogP contribution in [0.1, 0.15) is 17.2 Å². The zero-order valence-electron chi connectivity index (χ0n) is 9.72. The van der Waals surface area contributed by atoms with Crippen LogP contribution in [0.4, 0.5) is 0 Å². The summed E-state index contributed by atoms with van der Waals surface area (Å²) in [6, 6.07) is 8.85. The van der Waals surface area contributed by atoms with Crippen molar-refractivity contribution < 1.29 is 9.47 Å². The summed E-state index contributed by atoms with van der Waals surface area (Å²) in [6.45, 7) is 0.761. The van der Waals surface area contributed by atoms with Gasteiger partial charge in [0.15, 0.2) is 6.29 Å².